The first-order valence-corrected chi connectivity index (χ1v) is 8.79. The van der Waals surface area contributed by atoms with Gasteiger partial charge in [0.2, 0.25) is 5.91 Å². The van der Waals surface area contributed by atoms with Crippen LogP contribution >= 0.6 is 0 Å². The van der Waals surface area contributed by atoms with Gasteiger partial charge in [0.1, 0.15) is 18.1 Å². The average Bonchev–Trinajstić information content (AvgIpc) is 3.26. The minimum Gasteiger partial charge on any atom is -0.497 e. The van der Waals surface area contributed by atoms with Crippen molar-refractivity contribution in [1.82, 2.24) is 24.5 Å². The predicted molar refractivity (Wildman–Crippen MR) is 106 cm³/mol. The summed E-state index contributed by atoms with van der Waals surface area (Å²) in [6.07, 6.45) is 5.36. The summed E-state index contributed by atoms with van der Waals surface area (Å²) in [7, 11) is 3.43. The summed E-state index contributed by atoms with van der Waals surface area (Å²) in [5.74, 6) is 1.27. The number of ether oxygens (including phenoxy) is 1. The first-order chi connectivity index (χ1) is 13.5. The number of nitrogens with one attached hydrogen (secondary N) is 1. The highest BCUT2D eigenvalue weighted by molar-refractivity contribution is 5.90. The number of amides is 1. The van der Waals surface area contributed by atoms with Crippen LogP contribution in [0.5, 0.6) is 5.75 Å². The Morgan fingerprint density at radius 1 is 1.18 bits per heavy atom. The predicted octanol–water partition coefficient (Wildman–Crippen LogP) is 2.79. The van der Waals surface area contributed by atoms with Crippen LogP contribution in [0.25, 0.3) is 22.0 Å². The molecule has 0 aliphatic heterocycles. The number of fused-ring (bicyclic) bond motifs is 1. The van der Waals surface area contributed by atoms with Gasteiger partial charge in [-0.2, -0.15) is 10.2 Å². The molecule has 4 aromatic rings. The van der Waals surface area contributed by atoms with E-state index in [1.54, 1.807) is 35.9 Å². The van der Waals surface area contributed by atoms with Gasteiger partial charge >= 0.3 is 0 Å². The van der Waals surface area contributed by atoms with E-state index in [4.69, 9.17) is 4.74 Å². The fourth-order valence-corrected chi connectivity index (χ4v) is 3.05. The molecular weight excluding hydrogens is 356 g/mol. The molecule has 3 heterocycles. The summed E-state index contributed by atoms with van der Waals surface area (Å²) in [5.41, 5.74) is 3.55. The maximum absolute atomic E-state index is 12.3. The number of hydrogen-bond acceptors (Lipinski definition) is 5. The molecule has 1 aromatic carbocycles. The molecule has 28 heavy (non-hydrogen) atoms. The van der Waals surface area contributed by atoms with Crippen molar-refractivity contribution in [3.8, 4) is 16.9 Å². The van der Waals surface area contributed by atoms with Crippen LogP contribution in [-0.4, -0.2) is 37.6 Å². The van der Waals surface area contributed by atoms with Gasteiger partial charge in [0, 0.05) is 42.0 Å². The molecule has 0 atom stereocenters. The first-order valence-electron chi connectivity index (χ1n) is 8.79. The third-order valence-electron chi connectivity index (χ3n) is 4.43. The molecule has 0 saturated carbocycles. The topological polar surface area (TPSA) is 86.9 Å². The fourth-order valence-electron chi connectivity index (χ4n) is 3.05. The largest absolute Gasteiger partial charge is 0.497 e. The van der Waals surface area contributed by atoms with E-state index >= 15 is 0 Å². The zero-order chi connectivity index (χ0) is 19.7. The number of carbonyl (C=O) groups excluding carboxylic acids is 1. The summed E-state index contributed by atoms with van der Waals surface area (Å²) >= 11 is 0. The number of methoxy groups -OCH3 is 1. The van der Waals surface area contributed by atoms with Gasteiger partial charge in [-0.1, -0.05) is 0 Å². The number of rotatable bonds is 5. The lowest BCUT2D eigenvalue weighted by Gasteiger charge is -2.05. The summed E-state index contributed by atoms with van der Waals surface area (Å²) in [6, 6.07) is 9.60. The number of carbonyl (C=O) groups is 1. The Hall–Kier alpha value is -3.68. The molecule has 1 amide bonds. The summed E-state index contributed by atoms with van der Waals surface area (Å²) in [5, 5.41) is 12.3. The summed E-state index contributed by atoms with van der Waals surface area (Å²) in [6.45, 7) is 1.99. The molecule has 0 aliphatic rings. The molecule has 0 bridgehead atoms. The average molecular weight is 376 g/mol. The first kappa shape index (κ1) is 17.7. The number of aryl methyl sites for hydroxylation is 2. The van der Waals surface area contributed by atoms with Gasteiger partial charge < -0.3 is 10.1 Å². The van der Waals surface area contributed by atoms with E-state index in [0.29, 0.717) is 5.82 Å². The summed E-state index contributed by atoms with van der Waals surface area (Å²) < 4.78 is 8.52. The lowest BCUT2D eigenvalue weighted by molar-refractivity contribution is -0.116. The van der Waals surface area contributed by atoms with E-state index in [2.05, 4.69) is 20.5 Å². The molecule has 0 unspecified atom stereocenters. The second kappa shape index (κ2) is 7.15. The molecule has 1 N–H and O–H groups in total. The Morgan fingerprint density at radius 2 is 2.04 bits per heavy atom. The van der Waals surface area contributed by atoms with Gasteiger partial charge in [-0.15, -0.1) is 0 Å². The Labute approximate surface area is 161 Å². The monoisotopic (exact) mass is 376 g/mol. The third kappa shape index (κ3) is 3.57. The fraction of sp³-hybridized carbons (Fsp3) is 0.200. The quantitative estimate of drug-likeness (QED) is 0.579. The van der Waals surface area contributed by atoms with Gasteiger partial charge in [0.15, 0.2) is 0 Å². The molecule has 142 valence electrons. The number of hydrogen-bond donors (Lipinski definition) is 1. The van der Waals surface area contributed by atoms with Gasteiger partial charge in [-0.25, -0.2) is 0 Å². The van der Waals surface area contributed by atoms with Crippen molar-refractivity contribution < 1.29 is 9.53 Å². The minimum absolute atomic E-state index is 0.110. The van der Waals surface area contributed by atoms with E-state index in [1.165, 1.54) is 0 Å². The van der Waals surface area contributed by atoms with E-state index in [-0.39, 0.29) is 12.5 Å². The Balaban J connectivity index is 1.51. The number of pyridine rings is 1. The van der Waals surface area contributed by atoms with Crippen LogP contribution in [-0.2, 0) is 18.4 Å². The zero-order valence-electron chi connectivity index (χ0n) is 15.9. The van der Waals surface area contributed by atoms with Crippen LogP contribution in [0.4, 0.5) is 5.82 Å². The third-order valence-corrected chi connectivity index (χ3v) is 4.43. The van der Waals surface area contributed by atoms with Crippen molar-refractivity contribution >= 4 is 22.6 Å². The molecule has 0 spiro atoms. The van der Waals surface area contributed by atoms with Crippen molar-refractivity contribution in [3.63, 3.8) is 0 Å². The highest BCUT2D eigenvalue weighted by atomic mass is 16.5. The van der Waals surface area contributed by atoms with Crippen LogP contribution < -0.4 is 10.1 Å². The lowest BCUT2D eigenvalue weighted by Crippen LogP contribution is -2.20. The van der Waals surface area contributed by atoms with Crippen molar-refractivity contribution in [3.05, 3.63) is 54.6 Å². The Morgan fingerprint density at radius 3 is 2.79 bits per heavy atom. The maximum Gasteiger partial charge on any atom is 0.247 e. The highest BCUT2D eigenvalue weighted by Gasteiger charge is 2.10. The van der Waals surface area contributed by atoms with Gasteiger partial charge in [-0.05, 0) is 31.2 Å². The summed E-state index contributed by atoms with van der Waals surface area (Å²) in [4.78, 5) is 16.8. The number of benzene rings is 1. The number of aromatic nitrogens is 5. The maximum atomic E-state index is 12.3. The van der Waals surface area contributed by atoms with E-state index in [9.17, 15) is 4.79 Å². The van der Waals surface area contributed by atoms with Gasteiger partial charge in [0.05, 0.1) is 24.5 Å². The zero-order valence-corrected chi connectivity index (χ0v) is 15.9. The smallest absolute Gasteiger partial charge is 0.247 e. The van der Waals surface area contributed by atoms with Crippen LogP contribution in [0, 0.1) is 6.92 Å². The standard InChI is InChI=1S/C20H20N6O2/c1-13-6-19(25(2)24-13)23-20(27)12-26-11-16(10-22-26)15-7-14-8-17(28-3)4-5-18(14)21-9-15/h4-11H,12H2,1-3H3,(H,23,27). The molecule has 0 fully saturated rings. The second-order valence-corrected chi connectivity index (χ2v) is 6.55. The number of anilines is 1. The molecule has 0 aliphatic carbocycles. The molecule has 0 saturated heterocycles. The molecule has 8 heteroatoms. The van der Waals surface area contributed by atoms with Crippen LogP contribution in [0.2, 0.25) is 0 Å². The van der Waals surface area contributed by atoms with Crippen LogP contribution in [0.1, 0.15) is 5.69 Å². The molecule has 3 aromatic heterocycles. The van der Waals surface area contributed by atoms with E-state index < -0.39 is 0 Å². The Bertz CT molecular complexity index is 1160. The highest BCUT2D eigenvalue weighted by Crippen LogP contribution is 2.25. The molecular formula is C20H20N6O2. The Kier molecular flexibility index (Phi) is 4.52. The van der Waals surface area contributed by atoms with E-state index in [0.717, 1.165) is 33.5 Å². The van der Waals surface area contributed by atoms with Crippen molar-refractivity contribution in [1.29, 1.82) is 0 Å². The molecule has 0 radical (unpaired) electrons. The van der Waals surface area contributed by atoms with E-state index in [1.807, 2.05) is 43.5 Å². The molecule has 4 rings (SSSR count). The van der Waals surface area contributed by atoms with Crippen molar-refractivity contribution in [2.24, 2.45) is 7.05 Å². The van der Waals surface area contributed by atoms with Crippen LogP contribution in [0.3, 0.4) is 0 Å². The number of nitrogens with zero attached hydrogens (tertiary/aromatic N) is 5. The lowest BCUT2D eigenvalue weighted by atomic mass is 10.1. The second-order valence-electron chi connectivity index (χ2n) is 6.55. The molecule has 8 nitrogen and oxygen atoms in total. The van der Waals surface area contributed by atoms with Crippen LogP contribution in [0.15, 0.2) is 48.9 Å². The SMILES string of the molecule is COc1ccc2ncc(-c3cnn(CC(=O)Nc4cc(C)nn4C)c3)cc2c1. The normalized spacial score (nSPS) is 11.0. The minimum atomic E-state index is -0.168. The van der Waals surface area contributed by atoms with Gasteiger partial charge in [0.25, 0.3) is 0 Å². The van der Waals surface area contributed by atoms with Crippen molar-refractivity contribution in [2.45, 2.75) is 13.5 Å². The van der Waals surface area contributed by atoms with Gasteiger partial charge in [-0.3, -0.25) is 19.1 Å². The van der Waals surface area contributed by atoms with Crippen molar-refractivity contribution in [2.75, 3.05) is 12.4 Å².